The SMILES string of the molecule is Cc1ccsc1CNC(=O)CSc1ccc(C(N)=O)cc1[N+](=O)[O-]. The van der Waals surface area contributed by atoms with Crippen molar-refractivity contribution in [2.75, 3.05) is 5.75 Å². The van der Waals surface area contributed by atoms with Crippen LogP contribution in [0.25, 0.3) is 0 Å². The molecular weight excluding hydrogens is 350 g/mol. The predicted molar refractivity (Wildman–Crippen MR) is 93.2 cm³/mol. The number of nitrogens with one attached hydrogen (secondary N) is 1. The van der Waals surface area contributed by atoms with E-state index in [0.717, 1.165) is 28.3 Å². The maximum atomic E-state index is 11.9. The molecule has 0 spiro atoms. The topological polar surface area (TPSA) is 115 Å². The second kappa shape index (κ2) is 7.93. The molecule has 0 aliphatic heterocycles. The Morgan fingerprint density at radius 1 is 1.38 bits per heavy atom. The third-order valence-corrected chi connectivity index (χ3v) is 5.30. The quantitative estimate of drug-likeness (QED) is 0.444. The van der Waals surface area contributed by atoms with Crippen molar-refractivity contribution in [1.82, 2.24) is 5.32 Å². The van der Waals surface area contributed by atoms with Crippen LogP contribution in [0.3, 0.4) is 0 Å². The second-order valence-electron chi connectivity index (χ2n) is 4.90. The van der Waals surface area contributed by atoms with Crippen molar-refractivity contribution in [3.63, 3.8) is 0 Å². The molecule has 0 fully saturated rings. The van der Waals surface area contributed by atoms with Gasteiger partial charge >= 0.3 is 0 Å². The number of hydrogen-bond donors (Lipinski definition) is 2. The van der Waals surface area contributed by atoms with E-state index in [1.54, 1.807) is 11.3 Å². The highest BCUT2D eigenvalue weighted by Crippen LogP contribution is 2.30. The van der Waals surface area contributed by atoms with Gasteiger partial charge in [-0.15, -0.1) is 23.1 Å². The van der Waals surface area contributed by atoms with Gasteiger partial charge in [0.05, 0.1) is 22.1 Å². The van der Waals surface area contributed by atoms with Gasteiger partial charge in [0.15, 0.2) is 0 Å². The second-order valence-corrected chi connectivity index (χ2v) is 6.91. The Labute approximate surface area is 146 Å². The fourth-order valence-electron chi connectivity index (χ4n) is 1.89. The molecule has 0 saturated carbocycles. The molecule has 3 N–H and O–H groups in total. The number of carbonyl (C=O) groups excluding carboxylic acids is 2. The summed E-state index contributed by atoms with van der Waals surface area (Å²) < 4.78 is 0. The minimum Gasteiger partial charge on any atom is -0.366 e. The molecule has 1 heterocycles. The number of aryl methyl sites for hydroxylation is 1. The fourth-order valence-corrected chi connectivity index (χ4v) is 3.57. The molecule has 7 nitrogen and oxygen atoms in total. The van der Waals surface area contributed by atoms with E-state index in [0.29, 0.717) is 11.4 Å². The van der Waals surface area contributed by atoms with Gasteiger partial charge in [-0.2, -0.15) is 0 Å². The lowest BCUT2D eigenvalue weighted by Gasteiger charge is -2.06. The van der Waals surface area contributed by atoms with E-state index in [2.05, 4.69) is 5.32 Å². The van der Waals surface area contributed by atoms with Crippen LogP contribution < -0.4 is 11.1 Å². The van der Waals surface area contributed by atoms with E-state index in [-0.39, 0.29) is 22.9 Å². The average molecular weight is 365 g/mol. The Morgan fingerprint density at radius 3 is 2.71 bits per heavy atom. The first kappa shape index (κ1) is 18.0. The summed E-state index contributed by atoms with van der Waals surface area (Å²) in [5.74, 6) is -0.916. The van der Waals surface area contributed by atoms with Crippen LogP contribution in [0, 0.1) is 17.0 Å². The minimum absolute atomic E-state index is 0.0428. The van der Waals surface area contributed by atoms with Gasteiger partial charge < -0.3 is 11.1 Å². The van der Waals surface area contributed by atoms with Crippen LogP contribution in [0.2, 0.25) is 0 Å². The smallest absolute Gasteiger partial charge is 0.283 e. The maximum Gasteiger partial charge on any atom is 0.283 e. The highest BCUT2D eigenvalue weighted by molar-refractivity contribution is 8.00. The molecule has 0 unspecified atom stereocenters. The van der Waals surface area contributed by atoms with Crippen LogP contribution in [-0.2, 0) is 11.3 Å². The molecule has 1 aromatic carbocycles. The van der Waals surface area contributed by atoms with Crippen molar-refractivity contribution in [1.29, 1.82) is 0 Å². The Kier molecular flexibility index (Phi) is 5.93. The Bertz CT molecular complexity index is 789. The molecule has 126 valence electrons. The largest absolute Gasteiger partial charge is 0.366 e. The van der Waals surface area contributed by atoms with Gasteiger partial charge in [-0.25, -0.2) is 0 Å². The summed E-state index contributed by atoms with van der Waals surface area (Å²) in [6, 6.07) is 5.94. The summed E-state index contributed by atoms with van der Waals surface area (Å²) in [6.07, 6.45) is 0. The number of nitro groups is 1. The van der Waals surface area contributed by atoms with E-state index >= 15 is 0 Å². The Morgan fingerprint density at radius 2 is 2.12 bits per heavy atom. The van der Waals surface area contributed by atoms with Gasteiger partial charge in [-0.05, 0) is 36.1 Å². The molecule has 9 heteroatoms. The van der Waals surface area contributed by atoms with Gasteiger partial charge in [0.2, 0.25) is 11.8 Å². The molecule has 0 atom stereocenters. The highest BCUT2D eigenvalue weighted by Gasteiger charge is 2.18. The van der Waals surface area contributed by atoms with Crippen molar-refractivity contribution in [3.8, 4) is 0 Å². The van der Waals surface area contributed by atoms with Crippen LogP contribution in [0.15, 0.2) is 34.5 Å². The van der Waals surface area contributed by atoms with Crippen LogP contribution in [0.1, 0.15) is 20.8 Å². The maximum absolute atomic E-state index is 11.9. The summed E-state index contributed by atoms with van der Waals surface area (Å²) in [5, 5.41) is 15.8. The van der Waals surface area contributed by atoms with E-state index in [1.807, 2.05) is 18.4 Å². The van der Waals surface area contributed by atoms with Gasteiger partial charge in [0.25, 0.3) is 5.69 Å². The number of benzene rings is 1. The zero-order valence-corrected chi connectivity index (χ0v) is 14.4. The third-order valence-electron chi connectivity index (χ3n) is 3.21. The lowest BCUT2D eigenvalue weighted by molar-refractivity contribution is -0.387. The van der Waals surface area contributed by atoms with Crippen molar-refractivity contribution in [3.05, 3.63) is 55.8 Å². The average Bonchev–Trinajstić information content (AvgIpc) is 2.95. The lowest BCUT2D eigenvalue weighted by Crippen LogP contribution is -2.24. The molecule has 0 aliphatic rings. The molecule has 2 aromatic rings. The number of rotatable bonds is 7. The van der Waals surface area contributed by atoms with Gasteiger partial charge in [-0.1, -0.05) is 0 Å². The molecule has 0 aliphatic carbocycles. The first-order valence-electron chi connectivity index (χ1n) is 6.89. The van der Waals surface area contributed by atoms with Crippen LogP contribution in [-0.4, -0.2) is 22.5 Å². The monoisotopic (exact) mass is 365 g/mol. The summed E-state index contributed by atoms with van der Waals surface area (Å²) >= 11 is 2.60. The van der Waals surface area contributed by atoms with Gasteiger partial charge in [0.1, 0.15) is 0 Å². The summed E-state index contributed by atoms with van der Waals surface area (Å²) in [5.41, 5.74) is 6.06. The molecule has 0 radical (unpaired) electrons. The minimum atomic E-state index is -0.737. The fraction of sp³-hybridized carbons (Fsp3) is 0.200. The van der Waals surface area contributed by atoms with Gasteiger partial charge in [-0.3, -0.25) is 19.7 Å². The third kappa shape index (κ3) is 4.56. The van der Waals surface area contributed by atoms with Crippen LogP contribution >= 0.6 is 23.1 Å². The zero-order chi connectivity index (χ0) is 17.7. The van der Waals surface area contributed by atoms with E-state index < -0.39 is 10.8 Å². The van der Waals surface area contributed by atoms with E-state index in [1.165, 1.54) is 12.1 Å². The zero-order valence-electron chi connectivity index (χ0n) is 12.8. The van der Waals surface area contributed by atoms with Crippen molar-refractivity contribution in [2.45, 2.75) is 18.4 Å². The van der Waals surface area contributed by atoms with E-state index in [4.69, 9.17) is 5.73 Å². The molecule has 24 heavy (non-hydrogen) atoms. The number of amides is 2. The van der Waals surface area contributed by atoms with Gasteiger partial charge in [0, 0.05) is 16.5 Å². The predicted octanol–water partition coefficient (Wildman–Crippen LogP) is 2.47. The molecular formula is C15H15N3O4S2. The molecule has 0 saturated heterocycles. The van der Waals surface area contributed by atoms with Crippen LogP contribution in [0.4, 0.5) is 5.69 Å². The number of hydrogen-bond acceptors (Lipinski definition) is 6. The number of thioether (sulfide) groups is 1. The molecule has 0 bridgehead atoms. The first-order valence-corrected chi connectivity index (χ1v) is 8.75. The van der Waals surface area contributed by atoms with E-state index in [9.17, 15) is 19.7 Å². The number of nitrogens with zero attached hydrogens (tertiary/aromatic N) is 1. The van der Waals surface area contributed by atoms with Crippen LogP contribution in [0.5, 0.6) is 0 Å². The molecule has 1 aromatic heterocycles. The number of carbonyl (C=O) groups is 2. The summed E-state index contributed by atoms with van der Waals surface area (Å²) in [4.78, 5) is 34.9. The Balaban J connectivity index is 1.98. The van der Waals surface area contributed by atoms with Crippen molar-refractivity contribution >= 4 is 40.6 Å². The van der Waals surface area contributed by atoms with Crippen molar-refractivity contribution < 1.29 is 14.5 Å². The first-order chi connectivity index (χ1) is 11.4. The normalized spacial score (nSPS) is 10.4. The number of nitrogens with two attached hydrogens (primary N) is 1. The molecule has 2 rings (SSSR count). The van der Waals surface area contributed by atoms with Crippen molar-refractivity contribution in [2.24, 2.45) is 5.73 Å². The number of primary amides is 1. The summed E-state index contributed by atoms with van der Waals surface area (Å²) in [7, 11) is 0. The number of thiophene rings is 1. The number of nitro benzene ring substituents is 1. The lowest BCUT2D eigenvalue weighted by atomic mass is 10.2. The summed E-state index contributed by atoms with van der Waals surface area (Å²) in [6.45, 7) is 2.40. The molecule has 2 amide bonds. The Hall–Kier alpha value is -2.39. The standard InChI is InChI=1S/C15H15N3O4S2/c1-9-4-5-23-13(9)7-17-14(19)8-24-12-3-2-10(15(16)20)6-11(12)18(21)22/h2-6H,7-8H2,1H3,(H2,16,20)(H,17,19). The highest BCUT2D eigenvalue weighted by atomic mass is 32.2.